The van der Waals surface area contributed by atoms with E-state index in [2.05, 4.69) is 10.3 Å². The number of alkyl halides is 3. The Balaban J connectivity index is 1.33. The number of aromatic nitrogens is 1. The van der Waals surface area contributed by atoms with E-state index in [-0.39, 0.29) is 67.8 Å². The Morgan fingerprint density at radius 2 is 1.85 bits per heavy atom. The molecule has 0 bridgehead atoms. The van der Waals surface area contributed by atoms with Gasteiger partial charge in [0.05, 0.1) is 12.0 Å². The maximum absolute atomic E-state index is 13.1. The Kier molecular flexibility index (Phi) is 7.95. The maximum atomic E-state index is 13.1. The zero-order chi connectivity index (χ0) is 24.1. The molecule has 10 heteroatoms. The summed E-state index contributed by atoms with van der Waals surface area (Å²) in [5.41, 5.74) is 0.204. The SMILES string of the molecule is O=C(NC1CCOCC1)c1ncccc1OC[C@H]1CCCN1C(=O)C1CCC(C(F)(F)F)CC1. The van der Waals surface area contributed by atoms with Gasteiger partial charge in [-0.1, -0.05) is 0 Å². The van der Waals surface area contributed by atoms with Gasteiger partial charge in [-0.15, -0.1) is 0 Å². The number of halogens is 3. The first-order valence-corrected chi connectivity index (χ1v) is 12.2. The van der Waals surface area contributed by atoms with Gasteiger partial charge in [0, 0.05) is 37.9 Å². The summed E-state index contributed by atoms with van der Waals surface area (Å²) >= 11 is 0. The standard InChI is InChI=1S/C24H32F3N3O4/c25-24(26,27)17-7-5-16(6-8-17)23(32)30-12-2-3-19(30)15-34-20-4-1-11-28-21(20)22(31)29-18-9-13-33-14-10-18/h1,4,11,16-19H,2-3,5-10,12-15H2,(H,29,31)/t16?,17?,19-/m1/s1. The topological polar surface area (TPSA) is 80.8 Å². The Labute approximate surface area is 197 Å². The highest BCUT2D eigenvalue weighted by molar-refractivity contribution is 5.95. The normalized spacial score (nSPS) is 26.3. The summed E-state index contributed by atoms with van der Waals surface area (Å²) in [7, 11) is 0. The third-order valence-electron chi connectivity index (χ3n) is 7.17. The number of likely N-dealkylation sites (tertiary alicyclic amines) is 1. The monoisotopic (exact) mass is 483 g/mol. The number of hydrogen-bond acceptors (Lipinski definition) is 5. The van der Waals surface area contributed by atoms with E-state index < -0.39 is 12.1 Å². The molecule has 3 fully saturated rings. The predicted octanol–water partition coefficient (Wildman–Crippen LogP) is 3.73. The number of amides is 2. The van der Waals surface area contributed by atoms with E-state index in [0.29, 0.717) is 25.5 Å². The number of carbonyl (C=O) groups excluding carboxylic acids is 2. The summed E-state index contributed by atoms with van der Waals surface area (Å²) in [6.07, 6.45) is 0.989. The zero-order valence-electron chi connectivity index (χ0n) is 19.2. The third kappa shape index (κ3) is 6.00. The van der Waals surface area contributed by atoms with Crippen molar-refractivity contribution in [1.82, 2.24) is 15.2 Å². The van der Waals surface area contributed by atoms with Gasteiger partial charge in [-0.05, 0) is 63.5 Å². The summed E-state index contributed by atoms with van der Waals surface area (Å²) in [6.45, 7) is 2.02. The molecule has 1 aromatic rings. The molecule has 1 atom stereocenters. The quantitative estimate of drug-likeness (QED) is 0.667. The van der Waals surface area contributed by atoms with Crippen LogP contribution in [0.5, 0.6) is 5.75 Å². The van der Waals surface area contributed by atoms with E-state index in [0.717, 1.165) is 25.7 Å². The van der Waals surface area contributed by atoms with Crippen molar-refractivity contribution in [2.45, 2.75) is 69.6 Å². The first-order valence-electron chi connectivity index (χ1n) is 12.2. The van der Waals surface area contributed by atoms with Gasteiger partial charge in [-0.2, -0.15) is 13.2 Å². The molecule has 3 heterocycles. The molecule has 4 rings (SSSR count). The first-order chi connectivity index (χ1) is 16.3. The first kappa shape index (κ1) is 24.8. The smallest absolute Gasteiger partial charge is 0.391 e. The van der Waals surface area contributed by atoms with Crippen LogP contribution < -0.4 is 10.1 Å². The number of carbonyl (C=O) groups is 2. The molecule has 1 N–H and O–H groups in total. The van der Waals surface area contributed by atoms with Gasteiger partial charge >= 0.3 is 6.18 Å². The van der Waals surface area contributed by atoms with Crippen molar-refractivity contribution in [1.29, 1.82) is 0 Å². The minimum absolute atomic E-state index is 0.0101. The van der Waals surface area contributed by atoms with Crippen LogP contribution in [0.1, 0.15) is 61.9 Å². The molecule has 0 aromatic carbocycles. The predicted molar refractivity (Wildman–Crippen MR) is 117 cm³/mol. The molecule has 3 aliphatic rings. The second-order valence-corrected chi connectivity index (χ2v) is 9.44. The summed E-state index contributed by atoms with van der Waals surface area (Å²) in [6, 6.07) is 3.24. The van der Waals surface area contributed by atoms with Crippen LogP contribution in [0.4, 0.5) is 13.2 Å². The summed E-state index contributed by atoms with van der Waals surface area (Å²) in [5.74, 6) is -1.68. The van der Waals surface area contributed by atoms with Crippen LogP contribution in [0.3, 0.4) is 0 Å². The Morgan fingerprint density at radius 1 is 1.12 bits per heavy atom. The van der Waals surface area contributed by atoms with Crippen molar-refractivity contribution in [2.75, 3.05) is 26.4 Å². The second-order valence-electron chi connectivity index (χ2n) is 9.44. The molecular weight excluding hydrogens is 451 g/mol. The van der Waals surface area contributed by atoms with Gasteiger partial charge in [-0.25, -0.2) is 4.98 Å². The molecule has 1 aromatic heterocycles. The summed E-state index contributed by atoms with van der Waals surface area (Å²) < 4.78 is 50.2. The maximum Gasteiger partial charge on any atom is 0.391 e. The highest BCUT2D eigenvalue weighted by Crippen LogP contribution is 2.40. The highest BCUT2D eigenvalue weighted by Gasteiger charge is 2.44. The lowest BCUT2D eigenvalue weighted by atomic mass is 9.81. The molecule has 2 saturated heterocycles. The molecule has 188 valence electrons. The average molecular weight is 484 g/mol. The largest absolute Gasteiger partial charge is 0.489 e. The number of pyridine rings is 1. The Bertz CT molecular complexity index is 852. The minimum Gasteiger partial charge on any atom is -0.489 e. The van der Waals surface area contributed by atoms with Gasteiger partial charge in [-0.3, -0.25) is 9.59 Å². The number of rotatable bonds is 6. The van der Waals surface area contributed by atoms with Gasteiger partial charge in [0.15, 0.2) is 11.4 Å². The van der Waals surface area contributed by atoms with E-state index >= 15 is 0 Å². The lowest BCUT2D eigenvalue weighted by molar-refractivity contribution is -0.185. The zero-order valence-corrected chi connectivity index (χ0v) is 19.2. The molecule has 7 nitrogen and oxygen atoms in total. The van der Waals surface area contributed by atoms with Crippen LogP contribution >= 0.6 is 0 Å². The molecule has 0 unspecified atom stereocenters. The third-order valence-corrected chi connectivity index (χ3v) is 7.17. The van der Waals surface area contributed by atoms with E-state index in [1.54, 1.807) is 17.0 Å². The molecule has 0 radical (unpaired) electrons. The van der Waals surface area contributed by atoms with Crippen LogP contribution in [0.15, 0.2) is 18.3 Å². The number of hydrogen-bond donors (Lipinski definition) is 1. The van der Waals surface area contributed by atoms with Crippen LogP contribution in [-0.2, 0) is 9.53 Å². The van der Waals surface area contributed by atoms with Gasteiger partial charge in [0.2, 0.25) is 5.91 Å². The van der Waals surface area contributed by atoms with Crippen LogP contribution in [-0.4, -0.2) is 66.3 Å². The molecule has 2 aliphatic heterocycles. The fourth-order valence-corrected chi connectivity index (χ4v) is 5.16. The van der Waals surface area contributed by atoms with Crippen molar-refractivity contribution in [3.05, 3.63) is 24.0 Å². The van der Waals surface area contributed by atoms with E-state index in [1.165, 1.54) is 6.20 Å². The number of nitrogens with one attached hydrogen (secondary N) is 1. The lowest BCUT2D eigenvalue weighted by Crippen LogP contribution is -2.44. The van der Waals surface area contributed by atoms with Crippen LogP contribution in [0.25, 0.3) is 0 Å². The molecule has 0 spiro atoms. The van der Waals surface area contributed by atoms with Crippen molar-refractivity contribution < 1.29 is 32.2 Å². The highest BCUT2D eigenvalue weighted by atomic mass is 19.4. The molecule has 2 amide bonds. The summed E-state index contributed by atoms with van der Waals surface area (Å²) in [4.78, 5) is 31.8. The summed E-state index contributed by atoms with van der Waals surface area (Å²) in [5, 5.41) is 2.98. The van der Waals surface area contributed by atoms with E-state index in [4.69, 9.17) is 9.47 Å². The second kappa shape index (κ2) is 10.9. The number of nitrogens with zero attached hydrogens (tertiary/aromatic N) is 2. The fraction of sp³-hybridized carbons (Fsp3) is 0.708. The van der Waals surface area contributed by atoms with Gasteiger partial charge in [0.1, 0.15) is 6.61 Å². The van der Waals surface area contributed by atoms with E-state index in [1.807, 2.05) is 0 Å². The molecule has 1 saturated carbocycles. The van der Waals surface area contributed by atoms with Crippen molar-refractivity contribution in [3.8, 4) is 5.75 Å². The van der Waals surface area contributed by atoms with Gasteiger partial charge in [0.25, 0.3) is 5.91 Å². The average Bonchev–Trinajstić information content (AvgIpc) is 3.31. The van der Waals surface area contributed by atoms with Gasteiger partial charge < -0.3 is 19.7 Å². The molecule has 1 aliphatic carbocycles. The Hall–Kier alpha value is -2.36. The molecular formula is C24H32F3N3O4. The van der Waals surface area contributed by atoms with Crippen molar-refractivity contribution in [2.24, 2.45) is 11.8 Å². The van der Waals surface area contributed by atoms with Crippen LogP contribution in [0, 0.1) is 11.8 Å². The number of ether oxygens (including phenoxy) is 2. The van der Waals surface area contributed by atoms with Crippen molar-refractivity contribution >= 4 is 11.8 Å². The lowest BCUT2D eigenvalue weighted by Gasteiger charge is -2.33. The fourth-order valence-electron chi connectivity index (χ4n) is 5.16. The van der Waals surface area contributed by atoms with Crippen LogP contribution in [0.2, 0.25) is 0 Å². The van der Waals surface area contributed by atoms with Crippen molar-refractivity contribution in [3.63, 3.8) is 0 Å². The Morgan fingerprint density at radius 3 is 2.56 bits per heavy atom. The molecule has 34 heavy (non-hydrogen) atoms. The van der Waals surface area contributed by atoms with E-state index in [9.17, 15) is 22.8 Å². The minimum atomic E-state index is -4.18.